The highest BCUT2D eigenvalue weighted by Crippen LogP contribution is 2.26. The number of carbonyl (C=O) groups is 2. The van der Waals surface area contributed by atoms with E-state index in [1.807, 2.05) is 0 Å². The summed E-state index contributed by atoms with van der Waals surface area (Å²) in [4.78, 5) is 27.1. The van der Waals surface area contributed by atoms with Crippen molar-refractivity contribution in [1.29, 1.82) is 0 Å². The molecular weight excluding hydrogens is 528 g/mol. The number of hydrogen-bond acceptors (Lipinski definition) is 4. The van der Waals surface area contributed by atoms with Gasteiger partial charge in [0.05, 0.1) is 10.6 Å². The Bertz CT molecular complexity index is 1340. The van der Waals surface area contributed by atoms with Gasteiger partial charge in [-0.3, -0.25) is 13.9 Å². The lowest BCUT2D eigenvalue weighted by atomic mass is 10.1. The number of carbonyl (C=O) groups excluding carboxylic acids is 2. The van der Waals surface area contributed by atoms with E-state index in [0.717, 1.165) is 28.6 Å². The normalized spacial score (nSPS) is 12.0. The first-order valence-electron chi connectivity index (χ1n) is 10.8. The molecule has 0 saturated carbocycles. The number of amides is 2. The van der Waals surface area contributed by atoms with Crippen LogP contribution in [0.3, 0.4) is 0 Å². The van der Waals surface area contributed by atoms with Crippen LogP contribution in [-0.2, 0) is 26.2 Å². The first kappa shape index (κ1) is 27.4. The number of nitrogens with zero attached hydrogens (tertiary/aromatic N) is 2. The van der Waals surface area contributed by atoms with E-state index < -0.39 is 40.2 Å². The Hall–Kier alpha value is -3.14. The minimum absolute atomic E-state index is 0.0668. The van der Waals surface area contributed by atoms with E-state index in [-0.39, 0.29) is 17.1 Å². The highest BCUT2D eigenvalue weighted by atomic mass is 35.5. The number of benzene rings is 3. The number of sulfonamides is 1. The number of hydrogen-bond donors (Lipinski definition) is 1. The van der Waals surface area contributed by atoms with Crippen LogP contribution in [0.4, 0.5) is 10.1 Å². The van der Waals surface area contributed by atoms with Crippen LogP contribution in [0.15, 0.2) is 77.7 Å². The van der Waals surface area contributed by atoms with Crippen molar-refractivity contribution in [3.8, 4) is 0 Å². The van der Waals surface area contributed by atoms with Gasteiger partial charge in [0.2, 0.25) is 11.8 Å². The molecular formula is C25H24Cl2FN3O4S. The maximum absolute atomic E-state index is 13.6. The molecule has 36 heavy (non-hydrogen) atoms. The lowest BCUT2D eigenvalue weighted by Crippen LogP contribution is -2.50. The second-order valence-electron chi connectivity index (χ2n) is 7.85. The van der Waals surface area contributed by atoms with E-state index in [2.05, 4.69) is 5.32 Å². The van der Waals surface area contributed by atoms with Gasteiger partial charge >= 0.3 is 0 Å². The van der Waals surface area contributed by atoms with Crippen molar-refractivity contribution in [2.24, 2.45) is 0 Å². The third-order valence-corrected chi connectivity index (χ3v) is 7.87. The summed E-state index contributed by atoms with van der Waals surface area (Å²) in [6.45, 7) is 0.848. The summed E-state index contributed by atoms with van der Waals surface area (Å²) in [6.07, 6.45) is 0. The molecule has 0 fully saturated rings. The molecule has 11 heteroatoms. The summed E-state index contributed by atoms with van der Waals surface area (Å²) in [7, 11) is -2.83. The Morgan fingerprint density at radius 3 is 2.22 bits per heavy atom. The summed E-state index contributed by atoms with van der Waals surface area (Å²) >= 11 is 12.3. The highest BCUT2D eigenvalue weighted by Gasteiger charge is 2.32. The minimum Gasteiger partial charge on any atom is -0.357 e. The molecule has 190 valence electrons. The SMILES string of the molecule is CNC(=O)C(C)N(Cc1ccc(Cl)cc1Cl)C(=O)CN(c1ccccc1)S(=O)(=O)c1ccc(F)cc1. The van der Waals surface area contributed by atoms with Crippen LogP contribution in [-0.4, -0.2) is 44.8 Å². The predicted molar refractivity (Wildman–Crippen MR) is 138 cm³/mol. The van der Waals surface area contributed by atoms with Crippen LogP contribution in [0, 0.1) is 5.82 Å². The average molecular weight is 552 g/mol. The lowest BCUT2D eigenvalue weighted by Gasteiger charge is -2.32. The number of nitrogens with one attached hydrogen (secondary N) is 1. The van der Waals surface area contributed by atoms with Crippen LogP contribution in [0.25, 0.3) is 0 Å². The topological polar surface area (TPSA) is 86.8 Å². The first-order valence-corrected chi connectivity index (χ1v) is 13.0. The molecule has 3 aromatic rings. The van der Waals surface area contributed by atoms with Gasteiger partial charge in [0, 0.05) is 23.6 Å². The molecule has 0 aliphatic heterocycles. The number of para-hydroxylation sites is 1. The smallest absolute Gasteiger partial charge is 0.264 e. The van der Waals surface area contributed by atoms with E-state index in [4.69, 9.17) is 23.2 Å². The summed E-state index contributed by atoms with van der Waals surface area (Å²) in [5.74, 6) is -1.69. The van der Waals surface area contributed by atoms with Crippen LogP contribution in [0.2, 0.25) is 10.0 Å². The third kappa shape index (κ3) is 6.34. The zero-order valence-electron chi connectivity index (χ0n) is 19.5. The zero-order valence-corrected chi connectivity index (χ0v) is 21.8. The molecule has 3 aromatic carbocycles. The fraction of sp³-hybridized carbons (Fsp3) is 0.200. The van der Waals surface area contributed by atoms with Crippen molar-refractivity contribution in [3.05, 3.63) is 94.2 Å². The van der Waals surface area contributed by atoms with E-state index in [9.17, 15) is 22.4 Å². The Kier molecular flexibility index (Phi) is 8.94. The molecule has 1 atom stereocenters. The fourth-order valence-electron chi connectivity index (χ4n) is 3.48. The maximum atomic E-state index is 13.6. The van der Waals surface area contributed by atoms with Crippen molar-refractivity contribution < 1.29 is 22.4 Å². The summed E-state index contributed by atoms with van der Waals surface area (Å²) in [6, 6.07) is 16.2. The zero-order chi connectivity index (χ0) is 26.5. The van der Waals surface area contributed by atoms with E-state index in [1.54, 1.807) is 30.3 Å². The van der Waals surface area contributed by atoms with Gasteiger partial charge < -0.3 is 10.2 Å². The van der Waals surface area contributed by atoms with Gasteiger partial charge in [0.15, 0.2) is 0 Å². The van der Waals surface area contributed by atoms with Crippen molar-refractivity contribution >= 4 is 50.7 Å². The minimum atomic E-state index is -4.26. The molecule has 0 bridgehead atoms. The molecule has 0 heterocycles. The van der Waals surface area contributed by atoms with Gasteiger partial charge in [-0.25, -0.2) is 12.8 Å². The molecule has 1 N–H and O–H groups in total. The molecule has 3 rings (SSSR count). The largest absolute Gasteiger partial charge is 0.357 e. The van der Waals surface area contributed by atoms with Crippen LogP contribution < -0.4 is 9.62 Å². The molecule has 7 nitrogen and oxygen atoms in total. The summed E-state index contributed by atoms with van der Waals surface area (Å²) in [5.41, 5.74) is 0.755. The number of rotatable bonds is 9. The quantitative estimate of drug-likeness (QED) is 0.424. The molecule has 2 amide bonds. The second-order valence-corrected chi connectivity index (χ2v) is 10.6. The second kappa shape index (κ2) is 11.7. The van der Waals surface area contributed by atoms with Crippen LogP contribution in [0.1, 0.15) is 12.5 Å². The van der Waals surface area contributed by atoms with E-state index >= 15 is 0 Å². The van der Waals surface area contributed by atoms with Crippen molar-refractivity contribution in [1.82, 2.24) is 10.2 Å². The van der Waals surface area contributed by atoms with Gasteiger partial charge in [-0.2, -0.15) is 0 Å². The number of anilines is 1. The Morgan fingerprint density at radius 1 is 1.00 bits per heavy atom. The molecule has 0 aliphatic rings. The van der Waals surface area contributed by atoms with Crippen LogP contribution in [0.5, 0.6) is 0 Å². The monoisotopic (exact) mass is 551 g/mol. The number of likely N-dealkylation sites (N-methyl/N-ethyl adjacent to an activating group) is 1. The summed E-state index contributed by atoms with van der Waals surface area (Å²) in [5, 5.41) is 3.20. The predicted octanol–water partition coefficient (Wildman–Crippen LogP) is 4.49. The molecule has 0 aliphatic carbocycles. The Morgan fingerprint density at radius 2 is 1.64 bits per heavy atom. The van der Waals surface area contributed by atoms with Gasteiger partial charge in [-0.1, -0.05) is 47.5 Å². The van der Waals surface area contributed by atoms with Crippen molar-refractivity contribution in [3.63, 3.8) is 0 Å². The molecule has 0 aromatic heterocycles. The van der Waals surface area contributed by atoms with Gasteiger partial charge in [-0.05, 0) is 61.0 Å². The molecule has 0 radical (unpaired) electrons. The highest BCUT2D eigenvalue weighted by molar-refractivity contribution is 7.92. The summed E-state index contributed by atoms with van der Waals surface area (Å²) < 4.78 is 41.4. The van der Waals surface area contributed by atoms with Gasteiger partial charge in [0.1, 0.15) is 18.4 Å². The van der Waals surface area contributed by atoms with E-state index in [0.29, 0.717) is 15.6 Å². The average Bonchev–Trinajstić information content (AvgIpc) is 2.86. The molecule has 0 spiro atoms. The van der Waals surface area contributed by atoms with Crippen molar-refractivity contribution in [2.75, 3.05) is 17.9 Å². The van der Waals surface area contributed by atoms with Gasteiger partial charge in [-0.15, -0.1) is 0 Å². The number of halogens is 3. The molecule has 0 saturated heterocycles. The van der Waals surface area contributed by atoms with Crippen LogP contribution >= 0.6 is 23.2 Å². The first-order chi connectivity index (χ1) is 17.0. The molecule has 1 unspecified atom stereocenters. The van der Waals surface area contributed by atoms with Crippen molar-refractivity contribution in [2.45, 2.75) is 24.4 Å². The van der Waals surface area contributed by atoms with E-state index in [1.165, 1.54) is 37.1 Å². The Labute approximate surface area is 219 Å². The standard InChI is InChI=1S/C25H24Cl2FN3O4S/c1-17(25(33)29-2)30(15-18-8-9-19(26)14-23(18)27)24(32)16-31(21-6-4-3-5-7-21)36(34,35)22-12-10-20(28)11-13-22/h3-14,17H,15-16H2,1-2H3,(H,29,33). The Balaban J connectivity index is 2.02. The third-order valence-electron chi connectivity index (χ3n) is 5.49. The van der Waals surface area contributed by atoms with Gasteiger partial charge in [0.25, 0.3) is 10.0 Å². The maximum Gasteiger partial charge on any atom is 0.264 e. The lowest BCUT2D eigenvalue weighted by molar-refractivity contribution is -0.139. The fourth-order valence-corrected chi connectivity index (χ4v) is 5.36.